The zero-order chi connectivity index (χ0) is 14.6. The Bertz CT molecular complexity index is 501. The van der Waals surface area contributed by atoms with Gasteiger partial charge in [-0.1, -0.05) is 0 Å². The predicted octanol–water partition coefficient (Wildman–Crippen LogP) is 1.99. The van der Waals surface area contributed by atoms with Gasteiger partial charge in [-0.15, -0.1) is 23.2 Å². The standard InChI is InChI=1S/C12H19Cl2NO3S/c1-8(6-19(3,17)18)15(9-4-5-9)10(16)11(2)7-12(11,13)14/h8-9H,4-7H2,1-3H3. The van der Waals surface area contributed by atoms with Gasteiger partial charge < -0.3 is 4.90 Å². The van der Waals surface area contributed by atoms with E-state index in [0.717, 1.165) is 12.8 Å². The average molecular weight is 328 g/mol. The fourth-order valence-corrected chi connectivity index (χ4v) is 4.25. The lowest BCUT2D eigenvalue weighted by atomic mass is 10.1. The van der Waals surface area contributed by atoms with E-state index in [1.165, 1.54) is 6.26 Å². The molecule has 0 N–H and O–H groups in total. The molecule has 2 aliphatic carbocycles. The number of halogens is 2. The first-order chi connectivity index (χ1) is 8.48. The lowest BCUT2D eigenvalue weighted by molar-refractivity contribution is -0.138. The summed E-state index contributed by atoms with van der Waals surface area (Å²) < 4.78 is 21.8. The second kappa shape index (κ2) is 4.50. The van der Waals surface area contributed by atoms with E-state index >= 15 is 0 Å². The van der Waals surface area contributed by atoms with Gasteiger partial charge in [0.1, 0.15) is 14.2 Å². The fourth-order valence-electron chi connectivity index (χ4n) is 2.51. The molecule has 0 heterocycles. The van der Waals surface area contributed by atoms with Crippen molar-refractivity contribution in [3.8, 4) is 0 Å². The lowest BCUT2D eigenvalue weighted by Gasteiger charge is -2.32. The Morgan fingerprint density at radius 2 is 1.89 bits per heavy atom. The first-order valence-corrected chi connectivity index (χ1v) is 9.18. The Hall–Kier alpha value is -0.000000000000000111. The lowest BCUT2D eigenvalue weighted by Crippen LogP contribution is -2.47. The van der Waals surface area contributed by atoms with Gasteiger partial charge in [0, 0.05) is 18.3 Å². The molecule has 2 atom stereocenters. The van der Waals surface area contributed by atoms with Crippen LogP contribution in [0.25, 0.3) is 0 Å². The quantitative estimate of drug-likeness (QED) is 0.725. The molecule has 2 fully saturated rings. The van der Waals surface area contributed by atoms with Gasteiger partial charge in [0.25, 0.3) is 0 Å². The van der Waals surface area contributed by atoms with Crippen molar-refractivity contribution in [2.75, 3.05) is 12.0 Å². The highest BCUT2D eigenvalue weighted by molar-refractivity contribution is 7.90. The molecule has 2 unspecified atom stereocenters. The third-order valence-corrected chi connectivity index (χ3v) is 6.11. The number of hydrogen-bond donors (Lipinski definition) is 0. The Morgan fingerprint density at radius 3 is 2.21 bits per heavy atom. The highest BCUT2D eigenvalue weighted by Crippen LogP contribution is 2.65. The van der Waals surface area contributed by atoms with Crippen molar-refractivity contribution in [3.63, 3.8) is 0 Å². The summed E-state index contributed by atoms with van der Waals surface area (Å²) in [5.41, 5.74) is -0.773. The van der Waals surface area contributed by atoms with Crippen LogP contribution in [0.3, 0.4) is 0 Å². The predicted molar refractivity (Wildman–Crippen MR) is 76.2 cm³/mol. The van der Waals surface area contributed by atoms with Crippen molar-refractivity contribution in [2.24, 2.45) is 5.41 Å². The number of nitrogens with zero attached hydrogens (tertiary/aromatic N) is 1. The zero-order valence-corrected chi connectivity index (χ0v) is 13.6. The molecule has 0 radical (unpaired) electrons. The molecular formula is C12H19Cl2NO3S. The van der Waals surface area contributed by atoms with Crippen LogP contribution in [0, 0.1) is 5.41 Å². The minimum absolute atomic E-state index is 0.0249. The van der Waals surface area contributed by atoms with Gasteiger partial charge in [-0.3, -0.25) is 4.79 Å². The first kappa shape index (κ1) is 15.4. The maximum absolute atomic E-state index is 12.6. The van der Waals surface area contributed by atoms with Crippen LogP contribution < -0.4 is 0 Å². The summed E-state index contributed by atoms with van der Waals surface area (Å²) in [6.45, 7) is 3.52. The molecule has 2 aliphatic rings. The second-order valence-corrected chi connectivity index (χ2v) is 9.77. The van der Waals surface area contributed by atoms with Gasteiger partial charge in [-0.05, 0) is 33.1 Å². The van der Waals surface area contributed by atoms with Crippen LogP contribution in [0.1, 0.15) is 33.1 Å². The van der Waals surface area contributed by atoms with Gasteiger partial charge in [0.05, 0.1) is 11.2 Å². The highest BCUT2D eigenvalue weighted by Gasteiger charge is 2.69. The summed E-state index contributed by atoms with van der Waals surface area (Å²) in [4.78, 5) is 14.3. The van der Waals surface area contributed by atoms with E-state index in [2.05, 4.69) is 0 Å². The van der Waals surface area contributed by atoms with Crippen LogP contribution in [0.5, 0.6) is 0 Å². The largest absolute Gasteiger partial charge is 0.335 e. The Morgan fingerprint density at radius 1 is 1.42 bits per heavy atom. The number of alkyl halides is 2. The van der Waals surface area contributed by atoms with Crippen LogP contribution in [0.15, 0.2) is 0 Å². The summed E-state index contributed by atoms with van der Waals surface area (Å²) in [5, 5.41) is 0. The molecule has 0 aromatic heterocycles. The summed E-state index contributed by atoms with van der Waals surface area (Å²) in [7, 11) is -3.12. The summed E-state index contributed by atoms with van der Waals surface area (Å²) in [6, 6.07) is -0.192. The highest BCUT2D eigenvalue weighted by atomic mass is 35.5. The smallest absolute Gasteiger partial charge is 0.232 e. The molecule has 4 nitrogen and oxygen atoms in total. The third-order valence-electron chi connectivity index (χ3n) is 3.92. The third kappa shape index (κ3) is 3.03. The molecule has 0 aliphatic heterocycles. The molecule has 2 saturated carbocycles. The summed E-state index contributed by atoms with van der Waals surface area (Å²) >= 11 is 12.1. The van der Waals surface area contributed by atoms with E-state index < -0.39 is 19.6 Å². The zero-order valence-electron chi connectivity index (χ0n) is 11.3. The van der Waals surface area contributed by atoms with E-state index in [1.54, 1.807) is 18.7 Å². The number of sulfone groups is 1. The fraction of sp³-hybridized carbons (Fsp3) is 0.917. The van der Waals surface area contributed by atoms with Crippen molar-refractivity contribution < 1.29 is 13.2 Å². The topological polar surface area (TPSA) is 54.5 Å². The molecule has 7 heteroatoms. The van der Waals surface area contributed by atoms with E-state index in [9.17, 15) is 13.2 Å². The monoisotopic (exact) mass is 327 g/mol. The van der Waals surface area contributed by atoms with Crippen molar-refractivity contribution in [1.82, 2.24) is 4.90 Å². The van der Waals surface area contributed by atoms with Crippen molar-refractivity contribution in [3.05, 3.63) is 0 Å². The number of carbonyl (C=O) groups is 1. The SMILES string of the molecule is CC(CS(C)(=O)=O)N(C(=O)C1(C)CC1(Cl)Cl)C1CC1. The molecule has 1 amide bonds. The number of amides is 1. The van der Waals surface area contributed by atoms with Gasteiger partial charge >= 0.3 is 0 Å². The Kier molecular flexibility index (Phi) is 3.64. The van der Waals surface area contributed by atoms with Crippen LogP contribution in [0.4, 0.5) is 0 Å². The normalized spacial score (nSPS) is 30.8. The molecule has 0 aromatic carbocycles. The van der Waals surface area contributed by atoms with Crippen LogP contribution in [-0.4, -0.2) is 47.7 Å². The average Bonchev–Trinajstić information content (AvgIpc) is 3.04. The van der Waals surface area contributed by atoms with Gasteiger partial charge in [0.15, 0.2) is 0 Å². The van der Waals surface area contributed by atoms with E-state index in [1.807, 2.05) is 0 Å². The second-order valence-electron chi connectivity index (χ2n) is 6.10. The molecule has 0 aromatic rings. The maximum Gasteiger partial charge on any atom is 0.232 e. The van der Waals surface area contributed by atoms with E-state index in [4.69, 9.17) is 23.2 Å². The van der Waals surface area contributed by atoms with Gasteiger partial charge in [-0.25, -0.2) is 8.42 Å². The summed E-state index contributed by atoms with van der Waals surface area (Å²) in [5.74, 6) is -0.140. The molecule has 0 saturated heterocycles. The van der Waals surface area contributed by atoms with Crippen molar-refractivity contribution in [1.29, 1.82) is 0 Å². The van der Waals surface area contributed by atoms with Crippen molar-refractivity contribution in [2.45, 2.75) is 49.5 Å². The van der Waals surface area contributed by atoms with Gasteiger partial charge in [-0.2, -0.15) is 0 Å². The van der Waals surface area contributed by atoms with Crippen molar-refractivity contribution >= 4 is 38.9 Å². The molecular weight excluding hydrogens is 309 g/mol. The van der Waals surface area contributed by atoms with E-state index in [-0.39, 0.29) is 23.7 Å². The molecule has 0 bridgehead atoms. The molecule has 19 heavy (non-hydrogen) atoms. The van der Waals surface area contributed by atoms with Gasteiger partial charge in [0.2, 0.25) is 5.91 Å². The molecule has 2 rings (SSSR count). The summed E-state index contributed by atoms with van der Waals surface area (Å²) in [6.07, 6.45) is 3.46. The minimum Gasteiger partial charge on any atom is -0.335 e. The molecule has 110 valence electrons. The van der Waals surface area contributed by atoms with Crippen LogP contribution >= 0.6 is 23.2 Å². The number of rotatable bonds is 5. The van der Waals surface area contributed by atoms with E-state index in [0.29, 0.717) is 6.42 Å². The Labute approximate surface area is 124 Å². The van der Waals surface area contributed by atoms with Crippen LogP contribution in [0.2, 0.25) is 0 Å². The molecule has 0 spiro atoms. The number of carbonyl (C=O) groups excluding carboxylic acids is 1. The van der Waals surface area contributed by atoms with Crippen LogP contribution in [-0.2, 0) is 14.6 Å². The number of hydrogen-bond acceptors (Lipinski definition) is 3. The first-order valence-electron chi connectivity index (χ1n) is 6.36. The maximum atomic E-state index is 12.6. The minimum atomic E-state index is -3.12. The Balaban J connectivity index is 2.15.